The highest BCUT2D eigenvalue weighted by molar-refractivity contribution is 5.89. The van der Waals surface area contributed by atoms with E-state index in [-0.39, 0.29) is 12.3 Å². The van der Waals surface area contributed by atoms with Gasteiger partial charge < -0.3 is 25.8 Å². The molecule has 0 radical (unpaired) electrons. The number of aliphatic carboxylic acids is 1. The average molecular weight is 289 g/mol. The van der Waals surface area contributed by atoms with Crippen molar-refractivity contribution in [1.82, 2.24) is 16.0 Å². The minimum absolute atomic E-state index is 0.226. The van der Waals surface area contributed by atoms with Crippen molar-refractivity contribution in [2.75, 3.05) is 20.3 Å². The molecule has 0 aliphatic heterocycles. The van der Waals surface area contributed by atoms with Gasteiger partial charge in [0.1, 0.15) is 11.6 Å². The lowest BCUT2D eigenvalue weighted by atomic mass is 10.00. The highest BCUT2D eigenvalue weighted by Gasteiger charge is 2.33. The number of rotatable bonds is 8. The first-order valence-corrected chi connectivity index (χ1v) is 6.35. The van der Waals surface area contributed by atoms with Crippen molar-refractivity contribution >= 4 is 17.9 Å². The monoisotopic (exact) mass is 289 g/mol. The summed E-state index contributed by atoms with van der Waals surface area (Å²) in [5, 5.41) is 16.3. The van der Waals surface area contributed by atoms with E-state index in [0.29, 0.717) is 13.2 Å². The van der Waals surface area contributed by atoms with E-state index in [4.69, 9.17) is 9.84 Å². The Labute approximate surface area is 118 Å². The highest BCUT2D eigenvalue weighted by atomic mass is 16.5. The summed E-state index contributed by atoms with van der Waals surface area (Å²) in [4.78, 5) is 34.3. The molecule has 0 bridgehead atoms. The number of urea groups is 1. The lowest BCUT2D eigenvalue weighted by Crippen LogP contribution is -2.57. The van der Waals surface area contributed by atoms with Gasteiger partial charge in [-0.1, -0.05) is 6.92 Å². The van der Waals surface area contributed by atoms with Gasteiger partial charge in [0.2, 0.25) is 5.91 Å². The molecule has 20 heavy (non-hydrogen) atoms. The van der Waals surface area contributed by atoms with Gasteiger partial charge in [-0.05, 0) is 20.3 Å². The van der Waals surface area contributed by atoms with E-state index >= 15 is 0 Å². The van der Waals surface area contributed by atoms with E-state index in [1.807, 2.05) is 0 Å². The SMILES string of the molecule is CCC(C)(NC(=O)NC(C)C(=O)NCCOC)C(=O)O. The number of hydrogen-bond acceptors (Lipinski definition) is 4. The van der Waals surface area contributed by atoms with E-state index < -0.39 is 23.6 Å². The van der Waals surface area contributed by atoms with Crippen LogP contribution in [-0.4, -0.2) is 54.9 Å². The van der Waals surface area contributed by atoms with Crippen LogP contribution in [0.15, 0.2) is 0 Å². The third kappa shape index (κ3) is 5.87. The Hall–Kier alpha value is -1.83. The molecular weight excluding hydrogens is 266 g/mol. The molecule has 2 atom stereocenters. The van der Waals surface area contributed by atoms with Crippen LogP contribution in [0.5, 0.6) is 0 Å². The molecule has 0 spiro atoms. The molecule has 0 saturated heterocycles. The van der Waals surface area contributed by atoms with Gasteiger partial charge in [0.05, 0.1) is 6.61 Å². The van der Waals surface area contributed by atoms with Crippen LogP contribution in [0.2, 0.25) is 0 Å². The summed E-state index contributed by atoms with van der Waals surface area (Å²) in [7, 11) is 1.51. The topological polar surface area (TPSA) is 117 Å². The number of carboxylic acids is 1. The molecule has 4 N–H and O–H groups in total. The summed E-state index contributed by atoms with van der Waals surface area (Å²) >= 11 is 0. The molecule has 0 aromatic heterocycles. The smallest absolute Gasteiger partial charge is 0.329 e. The van der Waals surface area contributed by atoms with Crippen LogP contribution in [0.4, 0.5) is 4.79 Å². The maximum Gasteiger partial charge on any atom is 0.329 e. The Morgan fingerprint density at radius 1 is 1.35 bits per heavy atom. The Bertz CT molecular complexity index is 361. The van der Waals surface area contributed by atoms with E-state index in [9.17, 15) is 14.4 Å². The minimum atomic E-state index is -1.36. The van der Waals surface area contributed by atoms with Crippen LogP contribution in [0.25, 0.3) is 0 Å². The van der Waals surface area contributed by atoms with Crippen LogP contribution >= 0.6 is 0 Å². The van der Waals surface area contributed by atoms with Crippen LogP contribution < -0.4 is 16.0 Å². The second kappa shape index (κ2) is 8.36. The quantitative estimate of drug-likeness (QED) is 0.457. The van der Waals surface area contributed by atoms with Crippen LogP contribution in [0, 0.1) is 0 Å². The molecular formula is C12H23N3O5. The highest BCUT2D eigenvalue weighted by Crippen LogP contribution is 2.08. The van der Waals surface area contributed by atoms with Crippen molar-refractivity contribution in [1.29, 1.82) is 0 Å². The van der Waals surface area contributed by atoms with Gasteiger partial charge in [-0.25, -0.2) is 9.59 Å². The van der Waals surface area contributed by atoms with E-state index in [0.717, 1.165) is 0 Å². The van der Waals surface area contributed by atoms with Gasteiger partial charge in [-0.15, -0.1) is 0 Å². The molecule has 0 aliphatic rings. The van der Waals surface area contributed by atoms with Crippen molar-refractivity contribution in [2.45, 2.75) is 38.8 Å². The van der Waals surface area contributed by atoms with Gasteiger partial charge in [0, 0.05) is 13.7 Å². The summed E-state index contributed by atoms with van der Waals surface area (Å²) in [6.45, 7) is 5.27. The summed E-state index contributed by atoms with van der Waals surface area (Å²) in [5.74, 6) is -1.50. The number of carbonyl (C=O) groups is 3. The first-order chi connectivity index (χ1) is 9.26. The fourth-order valence-electron chi connectivity index (χ4n) is 1.27. The summed E-state index contributed by atoms with van der Waals surface area (Å²) < 4.78 is 4.78. The van der Waals surface area contributed by atoms with Gasteiger partial charge in [0.25, 0.3) is 0 Å². The van der Waals surface area contributed by atoms with Gasteiger partial charge in [-0.3, -0.25) is 4.79 Å². The third-order valence-corrected chi connectivity index (χ3v) is 2.91. The number of hydrogen-bond donors (Lipinski definition) is 4. The number of ether oxygens (including phenoxy) is 1. The van der Waals surface area contributed by atoms with Crippen molar-refractivity contribution in [3.63, 3.8) is 0 Å². The number of carboxylic acid groups (broad SMARTS) is 1. The predicted molar refractivity (Wildman–Crippen MR) is 72.3 cm³/mol. The molecule has 0 aromatic carbocycles. The Balaban J connectivity index is 4.32. The zero-order valence-electron chi connectivity index (χ0n) is 12.3. The number of amides is 3. The van der Waals surface area contributed by atoms with Gasteiger partial charge in [-0.2, -0.15) is 0 Å². The summed E-state index contributed by atoms with van der Waals surface area (Å²) in [6, 6.07) is -1.48. The Kier molecular flexibility index (Phi) is 7.60. The first-order valence-electron chi connectivity index (χ1n) is 6.35. The molecule has 8 heteroatoms. The molecule has 2 unspecified atom stereocenters. The zero-order valence-corrected chi connectivity index (χ0v) is 12.3. The molecule has 0 aliphatic carbocycles. The molecule has 0 rings (SSSR count). The summed E-state index contributed by atoms with van der Waals surface area (Å²) in [5.41, 5.74) is -1.36. The van der Waals surface area contributed by atoms with E-state index in [2.05, 4.69) is 16.0 Å². The average Bonchev–Trinajstić information content (AvgIpc) is 2.38. The fraction of sp³-hybridized carbons (Fsp3) is 0.750. The van der Waals surface area contributed by atoms with Crippen molar-refractivity contribution in [2.24, 2.45) is 0 Å². The Morgan fingerprint density at radius 3 is 2.40 bits per heavy atom. The normalized spacial score (nSPS) is 14.8. The molecule has 0 saturated carbocycles. The second-order valence-corrected chi connectivity index (χ2v) is 4.59. The summed E-state index contributed by atoms with van der Waals surface area (Å²) in [6.07, 6.45) is 0.226. The molecule has 3 amide bonds. The zero-order chi connectivity index (χ0) is 15.8. The number of nitrogens with one attached hydrogen (secondary N) is 3. The minimum Gasteiger partial charge on any atom is -0.480 e. The van der Waals surface area contributed by atoms with Crippen molar-refractivity contribution < 1.29 is 24.2 Å². The molecule has 0 fully saturated rings. The van der Waals surface area contributed by atoms with Crippen molar-refractivity contribution in [3.05, 3.63) is 0 Å². The Morgan fingerprint density at radius 2 is 1.95 bits per heavy atom. The maximum atomic E-state index is 11.7. The largest absolute Gasteiger partial charge is 0.480 e. The lowest BCUT2D eigenvalue weighted by molar-refractivity contribution is -0.143. The van der Waals surface area contributed by atoms with Crippen LogP contribution in [0.1, 0.15) is 27.2 Å². The maximum absolute atomic E-state index is 11.7. The molecule has 0 aromatic rings. The molecule has 0 heterocycles. The standard InChI is InChI=1S/C12H23N3O5/c1-5-12(3,10(17)18)15-11(19)14-8(2)9(16)13-6-7-20-4/h8H,5-7H2,1-4H3,(H,13,16)(H,17,18)(H2,14,15,19). The molecule has 116 valence electrons. The van der Waals surface area contributed by atoms with Crippen LogP contribution in [-0.2, 0) is 14.3 Å². The predicted octanol–water partition coefficient (Wildman–Crippen LogP) is -0.310. The van der Waals surface area contributed by atoms with Gasteiger partial charge in [0.15, 0.2) is 0 Å². The third-order valence-electron chi connectivity index (χ3n) is 2.91. The van der Waals surface area contributed by atoms with Crippen molar-refractivity contribution in [3.8, 4) is 0 Å². The second-order valence-electron chi connectivity index (χ2n) is 4.59. The fourth-order valence-corrected chi connectivity index (χ4v) is 1.27. The van der Waals surface area contributed by atoms with E-state index in [1.54, 1.807) is 6.92 Å². The van der Waals surface area contributed by atoms with Crippen LogP contribution in [0.3, 0.4) is 0 Å². The number of methoxy groups -OCH3 is 1. The first kappa shape index (κ1) is 18.2. The van der Waals surface area contributed by atoms with E-state index in [1.165, 1.54) is 21.0 Å². The number of carbonyl (C=O) groups excluding carboxylic acids is 2. The lowest BCUT2D eigenvalue weighted by Gasteiger charge is -2.25. The van der Waals surface area contributed by atoms with Gasteiger partial charge >= 0.3 is 12.0 Å². The molecule has 8 nitrogen and oxygen atoms in total.